The Morgan fingerprint density at radius 1 is 1.00 bits per heavy atom. The van der Waals surface area contributed by atoms with Crippen molar-refractivity contribution in [1.82, 2.24) is 0 Å². The second-order valence-electron chi connectivity index (χ2n) is 3.60. The summed E-state index contributed by atoms with van der Waals surface area (Å²) in [5.41, 5.74) is 1.64. The van der Waals surface area contributed by atoms with E-state index in [0.29, 0.717) is 22.3 Å². The number of nitrogens with one attached hydrogen (secondary N) is 1. The Morgan fingerprint density at radius 3 is 2.41 bits per heavy atom. The molecule has 2 rings (SSSR count). The lowest BCUT2D eigenvalue weighted by Gasteiger charge is -2.08. The summed E-state index contributed by atoms with van der Waals surface area (Å²) in [6.07, 6.45) is 0. The van der Waals surface area contributed by atoms with Gasteiger partial charge in [0.25, 0.3) is 0 Å². The normalized spacial score (nSPS) is 10.3. The molecule has 2 aromatic carbocycles. The van der Waals surface area contributed by atoms with Crippen molar-refractivity contribution >= 4 is 28.9 Å². The quantitative estimate of drug-likeness (QED) is 0.849. The molecule has 0 spiro atoms. The zero-order chi connectivity index (χ0) is 12.3. The molecule has 0 aromatic heterocycles. The molecule has 0 aliphatic heterocycles. The number of hydrogen-bond donors (Lipinski definition) is 1. The third-order valence-electron chi connectivity index (χ3n) is 2.32. The van der Waals surface area contributed by atoms with Gasteiger partial charge in [-0.1, -0.05) is 35.3 Å². The molecule has 2 aromatic rings. The summed E-state index contributed by atoms with van der Waals surface area (Å²) in [4.78, 5) is 0. The zero-order valence-electron chi connectivity index (χ0n) is 8.88. The van der Waals surface area contributed by atoms with Gasteiger partial charge < -0.3 is 5.32 Å². The van der Waals surface area contributed by atoms with E-state index < -0.39 is 0 Å². The average molecular weight is 270 g/mol. The molecule has 0 fully saturated rings. The van der Waals surface area contributed by atoms with Gasteiger partial charge in [-0.3, -0.25) is 0 Å². The van der Waals surface area contributed by atoms with Crippen molar-refractivity contribution < 1.29 is 4.39 Å². The highest BCUT2D eigenvalue weighted by Crippen LogP contribution is 2.23. The molecule has 0 aliphatic carbocycles. The van der Waals surface area contributed by atoms with E-state index in [0.717, 1.165) is 5.56 Å². The smallest absolute Gasteiger partial charge is 0.125 e. The highest BCUT2D eigenvalue weighted by molar-refractivity contribution is 6.33. The van der Waals surface area contributed by atoms with Gasteiger partial charge in [-0.25, -0.2) is 4.39 Å². The fourth-order valence-electron chi connectivity index (χ4n) is 1.43. The molecule has 1 nitrogen and oxygen atoms in total. The molecular formula is C13H10Cl2FN. The van der Waals surface area contributed by atoms with Gasteiger partial charge in [0.2, 0.25) is 0 Å². The Hall–Kier alpha value is -1.25. The highest BCUT2D eigenvalue weighted by atomic mass is 35.5. The van der Waals surface area contributed by atoms with E-state index in [9.17, 15) is 4.39 Å². The summed E-state index contributed by atoms with van der Waals surface area (Å²) in [7, 11) is 0. The lowest BCUT2D eigenvalue weighted by molar-refractivity contribution is 0.628. The van der Waals surface area contributed by atoms with E-state index in [1.807, 2.05) is 24.3 Å². The van der Waals surface area contributed by atoms with Gasteiger partial charge in [0.05, 0.1) is 10.7 Å². The Morgan fingerprint density at radius 2 is 1.71 bits per heavy atom. The highest BCUT2D eigenvalue weighted by Gasteiger charge is 2.01. The van der Waals surface area contributed by atoms with Crippen LogP contribution >= 0.6 is 23.2 Å². The first-order valence-corrected chi connectivity index (χ1v) is 5.84. The van der Waals surface area contributed by atoms with Gasteiger partial charge in [0.1, 0.15) is 5.82 Å². The van der Waals surface area contributed by atoms with E-state index in [4.69, 9.17) is 23.2 Å². The van der Waals surface area contributed by atoms with E-state index in [2.05, 4.69) is 5.32 Å². The number of hydrogen-bond acceptors (Lipinski definition) is 1. The zero-order valence-corrected chi connectivity index (χ0v) is 10.4. The van der Waals surface area contributed by atoms with Crippen LogP contribution in [-0.4, -0.2) is 0 Å². The van der Waals surface area contributed by atoms with Crippen molar-refractivity contribution in [3.05, 3.63) is 63.9 Å². The Kier molecular flexibility index (Phi) is 3.87. The second-order valence-corrected chi connectivity index (χ2v) is 4.45. The Bertz CT molecular complexity index is 511. The third kappa shape index (κ3) is 3.35. The molecule has 0 heterocycles. The fourth-order valence-corrected chi connectivity index (χ4v) is 1.74. The van der Waals surface area contributed by atoms with Gasteiger partial charge in [-0.2, -0.15) is 0 Å². The van der Waals surface area contributed by atoms with Gasteiger partial charge in [0, 0.05) is 11.6 Å². The summed E-state index contributed by atoms with van der Waals surface area (Å²) in [5, 5.41) is 4.27. The van der Waals surface area contributed by atoms with Crippen LogP contribution in [0.3, 0.4) is 0 Å². The maximum atomic E-state index is 13.0. The topological polar surface area (TPSA) is 12.0 Å². The van der Waals surface area contributed by atoms with Crippen LogP contribution < -0.4 is 5.32 Å². The van der Waals surface area contributed by atoms with E-state index in [1.165, 1.54) is 18.2 Å². The van der Waals surface area contributed by atoms with Crippen molar-refractivity contribution in [3.63, 3.8) is 0 Å². The molecule has 0 atom stereocenters. The van der Waals surface area contributed by atoms with Crippen LogP contribution in [0.15, 0.2) is 42.5 Å². The van der Waals surface area contributed by atoms with Crippen LogP contribution in [0, 0.1) is 5.82 Å². The molecule has 0 amide bonds. The largest absolute Gasteiger partial charge is 0.380 e. The minimum absolute atomic E-state index is 0.312. The first-order chi connectivity index (χ1) is 8.15. The maximum absolute atomic E-state index is 13.0. The average Bonchev–Trinajstić information content (AvgIpc) is 2.32. The van der Waals surface area contributed by atoms with Crippen molar-refractivity contribution in [3.8, 4) is 0 Å². The lowest BCUT2D eigenvalue weighted by atomic mass is 10.2. The van der Waals surface area contributed by atoms with Crippen molar-refractivity contribution in [2.45, 2.75) is 6.54 Å². The minimum atomic E-state index is -0.312. The predicted molar refractivity (Wildman–Crippen MR) is 70.2 cm³/mol. The van der Waals surface area contributed by atoms with Crippen LogP contribution in [0.5, 0.6) is 0 Å². The summed E-state index contributed by atoms with van der Waals surface area (Å²) in [6.45, 7) is 0.570. The van der Waals surface area contributed by atoms with Crippen molar-refractivity contribution in [2.75, 3.05) is 5.32 Å². The lowest BCUT2D eigenvalue weighted by Crippen LogP contribution is -2.00. The molecule has 0 saturated carbocycles. The second kappa shape index (κ2) is 5.39. The first kappa shape index (κ1) is 12.2. The SMILES string of the molecule is Fc1ccc(Cl)c(NCc2ccc(Cl)cc2)c1. The van der Waals surface area contributed by atoms with Crippen LogP contribution in [0.25, 0.3) is 0 Å². The standard InChI is InChI=1S/C13H10Cl2FN/c14-10-3-1-9(2-4-10)8-17-13-7-11(16)5-6-12(13)15/h1-7,17H,8H2. The molecule has 1 N–H and O–H groups in total. The number of rotatable bonds is 3. The monoisotopic (exact) mass is 269 g/mol. The maximum Gasteiger partial charge on any atom is 0.125 e. The minimum Gasteiger partial charge on any atom is -0.380 e. The van der Waals surface area contributed by atoms with E-state index in [-0.39, 0.29) is 5.82 Å². The molecular weight excluding hydrogens is 260 g/mol. The van der Waals surface area contributed by atoms with Crippen molar-refractivity contribution in [2.24, 2.45) is 0 Å². The van der Waals surface area contributed by atoms with Crippen LogP contribution in [-0.2, 0) is 6.54 Å². The molecule has 0 unspecified atom stereocenters. The number of benzene rings is 2. The fraction of sp³-hybridized carbons (Fsp3) is 0.0769. The van der Waals surface area contributed by atoms with Crippen molar-refractivity contribution in [1.29, 1.82) is 0 Å². The van der Waals surface area contributed by atoms with Crippen LogP contribution in [0.1, 0.15) is 5.56 Å². The van der Waals surface area contributed by atoms with Gasteiger partial charge in [-0.05, 0) is 35.9 Å². The molecule has 0 radical (unpaired) electrons. The van der Waals surface area contributed by atoms with Crippen LogP contribution in [0.4, 0.5) is 10.1 Å². The predicted octanol–water partition coefficient (Wildman–Crippen LogP) is 4.74. The molecule has 0 saturated heterocycles. The number of anilines is 1. The Labute approximate surface area is 109 Å². The summed E-state index contributed by atoms with van der Waals surface area (Å²) < 4.78 is 13.0. The molecule has 88 valence electrons. The van der Waals surface area contributed by atoms with Gasteiger partial charge >= 0.3 is 0 Å². The van der Waals surface area contributed by atoms with Crippen LogP contribution in [0.2, 0.25) is 10.0 Å². The molecule has 0 aliphatic rings. The Balaban J connectivity index is 2.07. The number of halogens is 3. The molecule has 17 heavy (non-hydrogen) atoms. The third-order valence-corrected chi connectivity index (χ3v) is 2.91. The van der Waals surface area contributed by atoms with Gasteiger partial charge in [-0.15, -0.1) is 0 Å². The summed E-state index contributed by atoms with van der Waals surface area (Å²) >= 11 is 11.7. The van der Waals surface area contributed by atoms with E-state index in [1.54, 1.807) is 0 Å². The molecule has 0 bridgehead atoms. The summed E-state index contributed by atoms with van der Waals surface area (Å²) in [5.74, 6) is -0.312. The van der Waals surface area contributed by atoms with Gasteiger partial charge in [0.15, 0.2) is 0 Å². The summed E-state index contributed by atoms with van der Waals surface area (Å²) in [6, 6.07) is 11.7. The molecule has 4 heteroatoms. The van der Waals surface area contributed by atoms with E-state index >= 15 is 0 Å². The first-order valence-electron chi connectivity index (χ1n) is 5.08.